The van der Waals surface area contributed by atoms with Gasteiger partial charge in [-0.25, -0.2) is 4.98 Å². The predicted octanol–water partition coefficient (Wildman–Crippen LogP) is 2.01. The molecule has 0 saturated carbocycles. The molecule has 2 heterocycles. The summed E-state index contributed by atoms with van der Waals surface area (Å²) in [6, 6.07) is 5.30. The fourth-order valence-corrected chi connectivity index (χ4v) is 4.21. The lowest BCUT2D eigenvalue weighted by molar-refractivity contribution is -0.156. The molecule has 1 aromatic heterocycles. The molecule has 1 aromatic carbocycles. The van der Waals surface area contributed by atoms with Crippen LogP contribution in [0.5, 0.6) is 0 Å². The van der Waals surface area contributed by atoms with E-state index < -0.39 is 22.9 Å². The Morgan fingerprint density at radius 3 is 2.52 bits per heavy atom. The first-order chi connectivity index (χ1) is 11.6. The number of rotatable bonds is 1. The number of aromatic nitrogens is 2. The van der Waals surface area contributed by atoms with Crippen molar-refractivity contribution in [3.05, 3.63) is 24.5 Å². The van der Waals surface area contributed by atoms with Gasteiger partial charge in [0.15, 0.2) is 0 Å². The van der Waals surface area contributed by atoms with Crippen molar-refractivity contribution >= 4 is 28.5 Å². The summed E-state index contributed by atoms with van der Waals surface area (Å²) < 4.78 is 0. The van der Waals surface area contributed by atoms with Gasteiger partial charge in [0.25, 0.3) is 0 Å². The zero-order valence-corrected chi connectivity index (χ0v) is 15.1. The third kappa shape index (κ3) is 3.24. The number of nitrogens with one attached hydrogen (secondary N) is 2. The molecule has 25 heavy (non-hydrogen) atoms. The molecule has 0 radical (unpaired) electrons. The average Bonchev–Trinajstić information content (AvgIpc) is 2.91. The highest BCUT2D eigenvalue weighted by atomic mass is 16.2. The van der Waals surface area contributed by atoms with Crippen molar-refractivity contribution in [2.45, 2.75) is 57.7 Å². The maximum Gasteiger partial charge on any atom is 0.313 e. The molecule has 0 aliphatic carbocycles. The molecule has 1 saturated heterocycles. The summed E-state index contributed by atoms with van der Waals surface area (Å²) in [7, 11) is 0. The fourth-order valence-electron chi connectivity index (χ4n) is 4.21. The Balaban J connectivity index is 1.82. The number of carbonyl (C=O) groups excluding carboxylic acids is 2. The number of aromatic amines is 1. The SMILES string of the molecule is CC1(C)CC(N)CC(C)(C)N1C(=O)C(=O)Nc1ccc2nc[nH]c2c1. The van der Waals surface area contributed by atoms with E-state index in [1.54, 1.807) is 29.4 Å². The van der Waals surface area contributed by atoms with Crippen LogP contribution in [0.15, 0.2) is 24.5 Å². The number of piperidine rings is 1. The van der Waals surface area contributed by atoms with Gasteiger partial charge in [0.1, 0.15) is 0 Å². The van der Waals surface area contributed by atoms with Crippen LogP contribution in [0.25, 0.3) is 11.0 Å². The number of nitrogens with zero attached hydrogens (tertiary/aromatic N) is 2. The van der Waals surface area contributed by atoms with Gasteiger partial charge in [-0.3, -0.25) is 9.59 Å². The first-order valence-corrected chi connectivity index (χ1v) is 8.44. The summed E-state index contributed by atoms with van der Waals surface area (Å²) in [4.78, 5) is 34.3. The number of H-pyrrole nitrogens is 1. The number of likely N-dealkylation sites (tertiary alicyclic amines) is 1. The summed E-state index contributed by atoms with van der Waals surface area (Å²) >= 11 is 0. The third-order valence-electron chi connectivity index (χ3n) is 4.81. The van der Waals surface area contributed by atoms with Gasteiger partial charge in [0.05, 0.1) is 17.4 Å². The molecule has 2 amide bonds. The van der Waals surface area contributed by atoms with Gasteiger partial charge < -0.3 is 20.9 Å². The van der Waals surface area contributed by atoms with Crippen molar-refractivity contribution in [2.24, 2.45) is 5.73 Å². The highest BCUT2D eigenvalue weighted by Gasteiger charge is 2.48. The number of fused-ring (bicyclic) bond motifs is 1. The summed E-state index contributed by atoms with van der Waals surface area (Å²) in [5, 5.41) is 2.70. The lowest BCUT2D eigenvalue weighted by atomic mass is 9.77. The van der Waals surface area contributed by atoms with E-state index in [9.17, 15) is 9.59 Å². The molecule has 2 aromatic rings. The lowest BCUT2D eigenvalue weighted by Gasteiger charge is -2.54. The van der Waals surface area contributed by atoms with E-state index >= 15 is 0 Å². The first kappa shape index (κ1) is 17.4. The van der Waals surface area contributed by atoms with Gasteiger partial charge >= 0.3 is 11.8 Å². The van der Waals surface area contributed by atoms with Crippen LogP contribution in [0.3, 0.4) is 0 Å². The minimum atomic E-state index is -0.643. The van der Waals surface area contributed by atoms with Crippen molar-refractivity contribution < 1.29 is 9.59 Å². The zero-order chi connectivity index (χ0) is 18.4. The van der Waals surface area contributed by atoms with Crippen LogP contribution in [0.4, 0.5) is 5.69 Å². The largest absolute Gasteiger partial charge is 0.345 e. The molecule has 3 rings (SSSR count). The quantitative estimate of drug-likeness (QED) is 0.689. The topological polar surface area (TPSA) is 104 Å². The smallest absolute Gasteiger partial charge is 0.313 e. The van der Waals surface area contributed by atoms with Crippen LogP contribution >= 0.6 is 0 Å². The standard InChI is InChI=1S/C18H25N5O2/c1-17(2)8-11(19)9-18(3,4)23(17)16(25)15(24)22-12-5-6-13-14(7-12)21-10-20-13/h5-7,10-11H,8-9,19H2,1-4H3,(H,20,21)(H,22,24). The van der Waals surface area contributed by atoms with E-state index in [4.69, 9.17) is 5.73 Å². The monoisotopic (exact) mass is 343 g/mol. The molecule has 1 aliphatic heterocycles. The number of anilines is 1. The van der Waals surface area contributed by atoms with Crippen molar-refractivity contribution in [1.29, 1.82) is 0 Å². The van der Waals surface area contributed by atoms with Crippen LogP contribution in [-0.2, 0) is 9.59 Å². The van der Waals surface area contributed by atoms with E-state index in [-0.39, 0.29) is 6.04 Å². The third-order valence-corrected chi connectivity index (χ3v) is 4.81. The van der Waals surface area contributed by atoms with Crippen LogP contribution in [0.1, 0.15) is 40.5 Å². The van der Waals surface area contributed by atoms with Gasteiger partial charge in [-0.15, -0.1) is 0 Å². The Morgan fingerprint density at radius 1 is 1.24 bits per heavy atom. The number of benzene rings is 1. The normalized spacial score (nSPS) is 19.8. The predicted molar refractivity (Wildman–Crippen MR) is 96.9 cm³/mol. The number of nitrogens with two attached hydrogens (primary N) is 1. The highest BCUT2D eigenvalue weighted by Crippen LogP contribution is 2.37. The van der Waals surface area contributed by atoms with Crippen molar-refractivity contribution in [1.82, 2.24) is 14.9 Å². The minimum absolute atomic E-state index is 0.0138. The Bertz CT molecular complexity index is 806. The van der Waals surface area contributed by atoms with Gasteiger partial charge in [-0.2, -0.15) is 0 Å². The lowest BCUT2D eigenvalue weighted by Crippen LogP contribution is -2.66. The highest BCUT2D eigenvalue weighted by molar-refractivity contribution is 6.40. The van der Waals surface area contributed by atoms with Gasteiger partial charge in [0.2, 0.25) is 0 Å². The van der Waals surface area contributed by atoms with E-state index in [0.29, 0.717) is 18.5 Å². The van der Waals surface area contributed by atoms with Crippen LogP contribution in [-0.4, -0.2) is 43.8 Å². The molecule has 1 aliphatic rings. The molecular weight excluding hydrogens is 318 g/mol. The molecule has 0 bridgehead atoms. The molecule has 4 N–H and O–H groups in total. The van der Waals surface area contributed by atoms with E-state index in [2.05, 4.69) is 15.3 Å². The Hall–Kier alpha value is -2.41. The summed E-state index contributed by atoms with van der Waals surface area (Å²) in [5.74, 6) is -1.18. The van der Waals surface area contributed by atoms with Crippen molar-refractivity contribution in [3.8, 4) is 0 Å². The molecule has 0 unspecified atom stereocenters. The Kier molecular flexibility index (Phi) is 4.07. The minimum Gasteiger partial charge on any atom is -0.345 e. The fraction of sp³-hybridized carbons (Fsp3) is 0.500. The summed E-state index contributed by atoms with van der Waals surface area (Å²) in [5.41, 5.74) is 7.33. The van der Waals surface area contributed by atoms with Gasteiger partial charge in [0, 0.05) is 22.8 Å². The van der Waals surface area contributed by atoms with Gasteiger partial charge in [-0.1, -0.05) is 0 Å². The van der Waals surface area contributed by atoms with E-state index in [0.717, 1.165) is 11.0 Å². The number of imidazole rings is 1. The second-order valence-electron chi connectivity index (χ2n) is 8.02. The first-order valence-electron chi connectivity index (χ1n) is 8.44. The maximum atomic E-state index is 12.9. The van der Waals surface area contributed by atoms with Crippen molar-refractivity contribution in [3.63, 3.8) is 0 Å². The molecule has 134 valence electrons. The van der Waals surface area contributed by atoms with E-state index in [1.165, 1.54) is 0 Å². The molecule has 1 fully saturated rings. The molecule has 7 heteroatoms. The number of hydrogen-bond acceptors (Lipinski definition) is 4. The Labute approximate surface area is 147 Å². The maximum absolute atomic E-state index is 12.9. The zero-order valence-electron chi connectivity index (χ0n) is 15.1. The van der Waals surface area contributed by atoms with Crippen LogP contribution in [0.2, 0.25) is 0 Å². The second-order valence-corrected chi connectivity index (χ2v) is 8.02. The molecule has 0 spiro atoms. The van der Waals surface area contributed by atoms with Crippen LogP contribution in [0, 0.1) is 0 Å². The molecule has 7 nitrogen and oxygen atoms in total. The molecular formula is C18H25N5O2. The summed E-state index contributed by atoms with van der Waals surface area (Å²) in [6.45, 7) is 7.82. The molecule has 0 atom stereocenters. The number of hydrogen-bond donors (Lipinski definition) is 3. The average molecular weight is 343 g/mol. The number of amides is 2. The number of carbonyl (C=O) groups is 2. The van der Waals surface area contributed by atoms with Gasteiger partial charge in [-0.05, 0) is 58.7 Å². The summed E-state index contributed by atoms with van der Waals surface area (Å²) in [6.07, 6.45) is 2.91. The van der Waals surface area contributed by atoms with Crippen LogP contribution < -0.4 is 11.1 Å². The van der Waals surface area contributed by atoms with E-state index in [1.807, 2.05) is 27.7 Å². The Morgan fingerprint density at radius 2 is 1.88 bits per heavy atom. The second kappa shape index (κ2) is 5.84. The van der Waals surface area contributed by atoms with Crippen molar-refractivity contribution in [2.75, 3.05) is 5.32 Å².